The van der Waals surface area contributed by atoms with Crippen molar-refractivity contribution in [3.8, 4) is 0 Å². The highest BCUT2D eigenvalue weighted by molar-refractivity contribution is 5.16. The smallest absolute Gasteiger partial charge is 0.184 e. The van der Waals surface area contributed by atoms with Crippen LogP contribution in [0.1, 0.15) is 78.6 Å². The zero-order valence-corrected chi connectivity index (χ0v) is 15.5. The summed E-state index contributed by atoms with van der Waals surface area (Å²) in [6.45, 7) is 11.1. The molecular formula is C21H34O2. The van der Waals surface area contributed by atoms with Crippen molar-refractivity contribution in [2.24, 2.45) is 11.8 Å². The highest BCUT2D eigenvalue weighted by Crippen LogP contribution is 2.36. The van der Waals surface area contributed by atoms with Crippen LogP contribution >= 0.6 is 0 Å². The van der Waals surface area contributed by atoms with E-state index in [9.17, 15) is 0 Å². The summed E-state index contributed by atoms with van der Waals surface area (Å²) in [4.78, 5) is 0. The van der Waals surface area contributed by atoms with Crippen LogP contribution in [0.15, 0.2) is 30.3 Å². The number of rotatable bonds is 7. The molecule has 0 amide bonds. The van der Waals surface area contributed by atoms with Gasteiger partial charge in [0.2, 0.25) is 0 Å². The average molecular weight is 319 g/mol. The topological polar surface area (TPSA) is 18.5 Å². The standard InChI is InChI=1S/C21H34O2/c1-6-21(4,5)23-20(17-11-8-7-9-12-17)22-19-14-10-13-18(15-19)16(2)3/h7-9,11-12,16,18-20H,6,10,13-15H2,1-5H3. The molecule has 130 valence electrons. The molecule has 0 heterocycles. The van der Waals surface area contributed by atoms with Crippen molar-refractivity contribution >= 4 is 0 Å². The van der Waals surface area contributed by atoms with Gasteiger partial charge in [-0.05, 0) is 44.9 Å². The monoisotopic (exact) mass is 318 g/mol. The fraction of sp³-hybridized carbons (Fsp3) is 0.714. The molecule has 2 heteroatoms. The van der Waals surface area contributed by atoms with Crippen LogP contribution in [0.3, 0.4) is 0 Å². The van der Waals surface area contributed by atoms with E-state index in [0.29, 0.717) is 6.10 Å². The lowest BCUT2D eigenvalue weighted by atomic mass is 9.80. The molecule has 3 atom stereocenters. The molecule has 2 rings (SSSR count). The third-order valence-corrected chi connectivity index (χ3v) is 5.27. The molecule has 1 fully saturated rings. The van der Waals surface area contributed by atoms with E-state index in [2.05, 4.69) is 58.9 Å². The Hall–Kier alpha value is -0.860. The minimum Gasteiger partial charge on any atom is -0.345 e. The predicted octanol–water partition coefficient (Wildman–Crippen LogP) is 6.12. The van der Waals surface area contributed by atoms with Crippen molar-refractivity contribution in [3.63, 3.8) is 0 Å². The van der Waals surface area contributed by atoms with Crippen molar-refractivity contribution in [1.29, 1.82) is 0 Å². The van der Waals surface area contributed by atoms with Gasteiger partial charge in [0.05, 0.1) is 11.7 Å². The zero-order valence-electron chi connectivity index (χ0n) is 15.5. The summed E-state index contributed by atoms with van der Waals surface area (Å²) < 4.78 is 12.8. The van der Waals surface area contributed by atoms with E-state index in [1.54, 1.807) is 0 Å². The normalized spacial score (nSPS) is 23.9. The quantitative estimate of drug-likeness (QED) is 0.564. The summed E-state index contributed by atoms with van der Waals surface area (Å²) in [5.74, 6) is 1.52. The lowest BCUT2D eigenvalue weighted by molar-refractivity contribution is -0.232. The molecule has 0 bridgehead atoms. The minimum absolute atomic E-state index is 0.174. The Kier molecular flexibility index (Phi) is 6.67. The first-order valence-corrected chi connectivity index (χ1v) is 9.29. The van der Waals surface area contributed by atoms with Gasteiger partial charge in [-0.25, -0.2) is 0 Å². The van der Waals surface area contributed by atoms with Gasteiger partial charge in [-0.2, -0.15) is 0 Å². The molecule has 23 heavy (non-hydrogen) atoms. The fourth-order valence-corrected chi connectivity index (χ4v) is 3.24. The number of hydrogen-bond acceptors (Lipinski definition) is 2. The first kappa shape index (κ1) is 18.5. The lowest BCUT2D eigenvalue weighted by Crippen LogP contribution is -2.32. The van der Waals surface area contributed by atoms with Crippen molar-refractivity contribution in [1.82, 2.24) is 0 Å². The van der Waals surface area contributed by atoms with Crippen LogP contribution < -0.4 is 0 Å². The molecule has 1 aromatic rings. The Balaban J connectivity index is 2.08. The largest absolute Gasteiger partial charge is 0.345 e. The Morgan fingerprint density at radius 2 is 1.83 bits per heavy atom. The van der Waals surface area contributed by atoms with Crippen LogP contribution in [0.5, 0.6) is 0 Å². The van der Waals surface area contributed by atoms with E-state index in [1.807, 2.05) is 6.07 Å². The zero-order chi connectivity index (χ0) is 16.9. The maximum atomic E-state index is 6.47. The summed E-state index contributed by atoms with van der Waals surface area (Å²) in [6.07, 6.45) is 5.95. The molecule has 2 nitrogen and oxygen atoms in total. The molecule has 0 saturated heterocycles. The highest BCUT2D eigenvalue weighted by Gasteiger charge is 2.30. The third-order valence-electron chi connectivity index (χ3n) is 5.27. The maximum absolute atomic E-state index is 6.47. The molecule has 1 saturated carbocycles. The Bertz CT molecular complexity index is 452. The second-order valence-electron chi connectivity index (χ2n) is 7.90. The second-order valence-corrected chi connectivity index (χ2v) is 7.90. The van der Waals surface area contributed by atoms with Crippen LogP contribution in [-0.4, -0.2) is 11.7 Å². The van der Waals surface area contributed by atoms with Crippen molar-refractivity contribution in [2.45, 2.75) is 84.7 Å². The van der Waals surface area contributed by atoms with Crippen LogP contribution in [-0.2, 0) is 9.47 Å². The Morgan fingerprint density at radius 3 is 2.43 bits per heavy atom. The van der Waals surface area contributed by atoms with Gasteiger partial charge in [-0.3, -0.25) is 0 Å². The van der Waals surface area contributed by atoms with Gasteiger partial charge in [0.1, 0.15) is 0 Å². The molecule has 0 N–H and O–H groups in total. The highest BCUT2D eigenvalue weighted by atomic mass is 16.7. The molecule has 1 aliphatic rings. The van der Waals surface area contributed by atoms with Crippen LogP contribution in [0.2, 0.25) is 0 Å². The SMILES string of the molecule is CCC(C)(C)OC(OC1CCCC(C(C)C)C1)c1ccccc1. The van der Waals surface area contributed by atoms with Gasteiger partial charge in [0, 0.05) is 5.56 Å². The molecule has 0 aromatic heterocycles. The van der Waals surface area contributed by atoms with E-state index in [-0.39, 0.29) is 11.9 Å². The molecular weight excluding hydrogens is 284 g/mol. The van der Waals surface area contributed by atoms with E-state index >= 15 is 0 Å². The summed E-state index contributed by atoms with van der Waals surface area (Å²) >= 11 is 0. The van der Waals surface area contributed by atoms with E-state index in [4.69, 9.17) is 9.47 Å². The van der Waals surface area contributed by atoms with Gasteiger partial charge in [0.15, 0.2) is 6.29 Å². The second kappa shape index (κ2) is 8.30. The first-order valence-electron chi connectivity index (χ1n) is 9.29. The van der Waals surface area contributed by atoms with Crippen molar-refractivity contribution in [2.75, 3.05) is 0 Å². The number of ether oxygens (including phenoxy) is 2. The van der Waals surface area contributed by atoms with Crippen LogP contribution in [0.25, 0.3) is 0 Å². The van der Waals surface area contributed by atoms with Gasteiger partial charge in [0.25, 0.3) is 0 Å². The van der Waals surface area contributed by atoms with Gasteiger partial charge in [-0.15, -0.1) is 0 Å². The van der Waals surface area contributed by atoms with Crippen molar-refractivity contribution in [3.05, 3.63) is 35.9 Å². The fourth-order valence-electron chi connectivity index (χ4n) is 3.24. The Labute approximate surface area is 142 Å². The maximum Gasteiger partial charge on any atom is 0.184 e. The molecule has 0 radical (unpaired) electrons. The van der Waals surface area contributed by atoms with E-state index in [1.165, 1.54) is 12.8 Å². The molecule has 0 aliphatic heterocycles. The summed E-state index contributed by atoms with van der Waals surface area (Å²) in [5, 5.41) is 0. The molecule has 1 aliphatic carbocycles. The number of benzene rings is 1. The average Bonchev–Trinajstić information content (AvgIpc) is 2.55. The van der Waals surface area contributed by atoms with E-state index < -0.39 is 0 Å². The summed E-state index contributed by atoms with van der Waals surface area (Å²) in [6, 6.07) is 10.4. The van der Waals surface area contributed by atoms with E-state index in [0.717, 1.165) is 36.7 Å². The third kappa shape index (κ3) is 5.61. The molecule has 3 unspecified atom stereocenters. The summed E-state index contributed by atoms with van der Waals surface area (Å²) in [7, 11) is 0. The Morgan fingerprint density at radius 1 is 1.13 bits per heavy atom. The first-order chi connectivity index (χ1) is 10.9. The molecule has 1 aromatic carbocycles. The lowest BCUT2D eigenvalue weighted by Gasteiger charge is -2.36. The van der Waals surface area contributed by atoms with Crippen molar-refractivity contribution < 1.29 is 9.47 Å². The minimum atomic E-state index is -0.262. The van der Waals surface area contributed by atoms with Gasteiger partial charge < -0.3 is 9.47 Å². The van der Waals surface area contributed by atoms with Crippen LogP contribution in [0, 0.1) is 11.8 Å². The predicted molar refractivity (Wildman–Crippen MR) is 96.3 cm³/mol. The number of hydrogen-bond donors (Lipinski definition) is 0. The van der Waals surface area contributed by atoms with Gasteiger partial charge >= 0.3 is 0 Å². The van der Waals surface area contributed by atoms with Crippen LogP contribution in [0.4, 0.5) is 0 Å². The molecule has 0 spiro atoms. The summed E-state index contributed by atoms with van der Waals surface area (Å²) in [5.41, 5.74) is 0.952. The van der Waals surface area contributed by atoms with Gasteiger partial charge in [-0.1, -0.05) is 63.9 Å².